The Morgan fingerprint density at radius 1 is 1.17 bits per heavy atom. The molecule has 0 radical (unpaired) electrons. The summed E-state index contributed by atoms with van der Waals surface area (Å²) in [6.07, 6.45) is 3.71. The Hall–Kier alpha value is -1.53. The number of halogens is 2. The maximum absolute atomic E-state index is 13.9. The second-order valence-corrected chi connectivity index (χ2v) is 9.88. The molecule has 1 unspecified atom stereocenters. The van der Waals surface area contributed by atoms with E-state index in [-0.39, 0.29) is 25.4 Å². The average molecular weight is 409 g/mol. The van der Waals surface area contributed by atoms with E-state index in [2.05, 4.69) is 14.1 Å². The first-order valence-corrected chi connectivity index (χ1v) is 10.8. The molecule has 160 valence electrons. The first-order valence-electron chi connectivity index (χ1n) is 10.8. The van der Waals surface area contributed by atoms with Crippen molar-refractivity contribution in [3.05, 3.63) is 35.9 Å². The minimum absolute atomic E-state index is 0.104. The first-order chi connectivity index (χ1) is 13.6. The standard InChI is InChI=1S/C23H32F2NO3/c1-26(2)19-8-9-20(26)13-16(12-19)15-29-21(27)23(28,17-6-4-3-5-7-17)18-10-11-22(24,25)14-18/h3-7,16,18-20,28H,8-15H2,1-2H3/q+1/t16?,18-,19-,20+,23+/m1/s1. The van der Waals surface area contributed by atoms with Gasteiger partial charge < -0.3 is 14.3 Å². The number of aliphatic hydroxyl groups is 1. The predicted molar refractivity (Wildman–Crippen MR) is 105 cm³/mol. The fourth-order valence-corrected chi connectivity index (χ4v) is 5.95. The van der Waals surface area contributed by atoms with Gasteiger partial charge in [-0.2, -0.15) is 0 Å². The van der Waals surface area contributed by atoms with Gasteiger partial charge in [-0.1, -0.05) is 30.3 Å². The Balaban J connectivity index is 1.48. The first kappa shape index (κ1) is 20.7. The molecular weight excluding hydrogens is 376 g/mol. The molecule has 29 heavy (non-hydrogen) atoms. The topological polar surface area (TPSA) is 46.5 Å². The summed E-state index contributed by atoms with van der Waals surface area (Å²) in [6, 6.07) is 9.60. The third-order valence-electron chi connectivity index (χ3n) is 7.90. The van der Waals surface area contributed by atoms with Crippen molar-refractivity contribution < 1.29 is 27.9 Å². The third kappa shape index (κ3) is 3.70. The summed E-state index contributed by atoms with van der Waals surface area (Å²) in [5.74, 6) is -4.20. The fraction of sp³-hybridized carbons (Fsp3) is 0.696. The molecule has 3 aliphatic rings. The van der Waals surface area contributed by atoms with E-state index in [1.54, 1.807) is 30.3 Å². The lowest BCUT2D eigenvalue weighted by Crippen LogP contribution is -2.55. The zero-order chi connectivity index (χ0) is 20.9. The second kappa shape index (κ2) is 7.31. The number of hydrogen-bond acceptors (Lipinski definition) is 3. The number of rotatable bonds is 5. The van der Waals surface area contributed by atoms with E-state index in [4.69, 9.17) is 4.74 Å². The van der Waals surface area contributed by atoms with E-state index in [1.165, 1.54) is 12.8 Å². The van der Waals surface area contributed by atoms with E-state index >= 15 is 0 Å². The molecule has 2 bridgehead atoms. The molecule has 2 aliphatic heterocycles. The Bertz CT molecular complexity index is 738. The van der Waals surface area contributed by atoms with Crippen LogP contribution in [0.25, 0.3) is 0 Å². The summed E-state index contributed by atoms with van der Waals surface area (Å²) in [7, 11) is 4.55. The van der Waals surface area contributed by atoms with Crippen LogP contribution >= 0.6 is 0 Å². The van der Waals surface area contributed by atoms with Crippen molar-refractivity contribution in [3.63, 3.8) is 0 Å². The molecule has 2 saturated heterocycles. The molecule has 1 N–H and O–H groups in total. The molecule has 0 spiro atoms. The highest BCUT2D eigenvalue weighted by molar-refractivity contribution is 5.81. The fourth-order valence-electron chi connectivity index (χ4n) is 5.95. The Labute approximate surface area is 171 Å². The van der Waals surface area contributed by atoms with Crippen LogP contribution in [0, 0.1) is 11.8 Å². The molecule has 3 fully saturated rings. The van der Waals surface area contributed by atoms with Crippen LogP contribution in [0.5, 0.6) is 0 Å². The van der Waals surface area contributed by atoms with Crippen molar-refractivity contribution >= 4 is 5.97 Å². The number of fused-ring (bicyclic) bond motifs is 2. The van der Waals surface area contributed by atoms with E-state index in [1.807, 2.05) is 0 Å². The highest BCUT2D eigenvalue weighted by Crippen LogP contribution is 2.48. The van der Waals surface area contributed by atoms with Crippen LogP contribution in [0.1, 0.15) is 50.5 Å². The molecule has 4 rings (SSSR count). The molecule has 2 heterocycles. The van der Waals surface area contributed by atoms with Gasteiger partial charge in [-0.3, -0.25) is 0 Å². The average Bonchev–Trinajstić information content (AvgIpc) is 3.08. The minimum Gasteiger partial charge on any atom is -0.463 e. The van der Waals surface area contributed by atoms with Gasteiger partial charge in [0, 0.05) is 50.4 Å². The van der Waals surface area contributed by atoms with Gasteiger partial charge in [0.1, 0.15) is 0 Å². The van der Waals surface area contributed by atoms with Crippen LogP contribution in [0.4, 0.5) is 8.78 Å². The molecule has 1 aliphatic carbocycles. The second-order valence-electron chi connectivity index (χ2n) is 9.88. The van der Waals surface area contributed by atoms with Crippen LogP contribution in [0.2, 0.25) is 0 Å². The lowest BCUT2D eigenvalue weighted by atomic mass is 9.80. The molecule has 0 amide bonds. The molecule has 0 aromatic heterocycles. The summed E-state index contributed by atoms with van der Waals surface area (Å²) in [4.78, 5) is 13.1. The molecule has 6 heteroatoms. The highest BCUT2D eigenvalue weighted by atomic mass is 19.3. The molecule has 1 aromatic rings. The van der Waals surface area contributed by atoms with Gasteiger partial charge in [-0.15, -0.1) is 0 Å². The monoisotopic (exact) mass is 408 g/mol. The zero-order valence-corrected chi connectivity index (χ0v) is 17.3. The number of alkyl halides is 2. The number of hydrogen-bond donors (Lipinski definition) is 1. The van der Waals surface area contributed by atoms with E-state index in [9.17, 15) is 18.7 Å². The molecule has 1 aromatic carbocycles. The summed E-state index contributed by atoms with van der Waals surface area (Å²) in [5, 5.41) is 11.4. The maximum atomic E-state index is 13.9. The van der Waals surface area contributed by atoms with Crippen LogP contribution in [0.15, 0.2) is 30.3 Å². The van der Waals surface area contributed by atoms with E-state index < -0.39 is 29.8 Å². The van der Waals surface area contributed by atoms with E-state index in [0.29, 0.717) is 17.6 Å². The van der Waals surface area contributed by atoms with Crippen LogP contribution in [0.3, 0.4) is 0 Å². The summed E-state index contributed by atoms with van der Waals surface area (Å²) in [5.41, 5.74) is -1.68. The number of piperidine rings is 1. The summed E-state index contributed by atoms with van der Waals surface area (Å²) in [6.45, 7) is 0.254. The molecule has 1 saturated carbocycles. The largest absolute Gasteiger partial charge is 0.463 e. The number of nitrogens with zero attached hydrogens (tertiary/aromatic N) is 1. The van der Waals surface area contributed by atoms with Gasteiger partial charge in [-0.25, -0.2) is 13.6 Å². The van der Waals surface area contributed by atoms with Crippen LogP contribution < -0.4 is 0 Å². The highest BCUT2D eigenvalue weighted by Gasteiger charge is 2.55. The van der Waals surface area contributed by atoms with Gasteiger partial charge >= 0.3 is 5.97 Å². The number of carbonyl (C=O) groups is 1. The summed E-state index contributed by atoms with van der Waals surface area (Å²) < 4.78 is 34.4. The predicted octanol–water partition coefficient (Wildman–Crippen LogP) is 3.87. The lowest BCUT2D eigenvalue weighted by Gasteiger charge is -2.44. The van der Waals surface area contributed by atoms with Gasteiger partial charge in [0.25, 0.3) is 0 Å². The Morgan fingerprint density at radius 2 is 1.79 bits per heavy atom. The lowest BCUT2D eigenvalue weighted by molar-refractivity contribution is -0.931. The van der Waals surface area contributed by atoms with Crippen molar-refractivity contribution in [2.24, 2.45) is 11.8 Å². The quantitative estimate of drug-likeness (QED) is 0.594. The third-order valence-corrected chi connectivity index (χ3v) is 7.90. The number of benzene rings is 1. The minimum atomic E-state index is -2.85. The van der Waals surface area contributed by atoms with Crippen LogP contribution in [-0.2, 0) is 15.1 Å². The Morgan fingerprint density at radius 3 is 2.34 bits per heavy atom. The molecular formula is C23H32F2NO3+. The van der Waals surface area contributed by atoms with Gasteiger partial charge in [-0.05, 0) is 12.0 Å². The number of carbonyl (C=O) groups excluding carboxylic acids is 1. The molecule has 5 atom stereocenters. The van der Waals surface area contributed by atoms with Crippen molar-refractivity contribution in [1.82, 2.24) is 0 Å². The van der Waals surface area contributed by atoms with Crippen molar-refractivity contribution in [2.45, 2.75) is 68.6 Å². The number of esters is 1. The summed E-state index contributed by atoms with van der Waals surface area (Å²) >= 11 is 0. The SMILES string of the molecule is C[N+]1(C)[C@@H]2CC[C@H]1CC(COC(=O)[C@](O)(c1ccccc1)[C@@H]1CCC(F)(F)C1)C2. The number of quaternary nitrogens is 1. The maximum Gasteiger partial charge on any atom is 0.343 e. The van der Waals surface area contributed by atoms with E-state index in [0.717, 1.165) is 17.3 Å². The smallest absolute Gasteiger partial charge is 0.343 e. The molecule has 4 nitrogen and oxygen atoms in total. The van der Waals surface area contributed by atoms with Crippen molar-refractivity contribution in [3.8, 4) is 0 Å². The van der Waals surface area contributed by atoms with Gasteiger partial charge in [0.2, 0.25) is 5.92 Å². The number of ether oxygens (including phenoxy) is 1. The normalized spacial score (nSPS) is 34.5. The van der Waals surface area contributed by atoms with Crippen molar-refractivity contribution in [1.29, 1.82) is 0 Å². The zero-order valence-electron chi connectivity index (χ0n) is 17.3. The van der Waals surface area contributed by atoms with Crippen LogP contribution in [-0.4, -0.2) is 54.3 Å². The van der Waals surface area contributed by atoms with Gasteiger partial charge in [0.15, 0.2) is 5.60 Å². The van der Waals surface area contributed by atoms with Gasteiger partial charge in [0.05, 0.1) is 32.8 Å². The van der Waals surface area contributed by atoms with Crippen molar-refractivity contribution in [2.75, 3.05) is 20.7 Å². The Kier molecular flexibility index (Phi) is 5.23.